The fourth-order valence-electron chi connectivity index (χ4n) is 3.40. The van der Waals surface area contributed by atoms with E-state index < -0.39 is 5.82 Å². The molecule has 2 aromatic heterocycles. The molecule has 0 saturated carbocycles. The number of hydrogen-bond donors (Lipinski definition) is 2. The lowest BCUT2D eigenvalue weighted by Gasteiger charge is -2.16. The van der Waals surface area contributed by atoms with E-state index in [-0.39, 0.29) is 5.02 Å². The van der Waals surface area contributed by atoms with Gasteiger partial charge in [0.15, 0.2) is 11.5 Å². The first-order valence-electron chi connectivity index (χ1n) is 9.57. The van der Waals surface area contributed by atoms with Crippen molar-refractivity contribution in [1.82, 2.24) is 14.5 Å². The van der Waals surface area contributed by atoms with Crippen molar-refractivity contribution in [2.75, 3.05) is 39.0 Å². The van der Waals surface area contributed by atoms with Crippen molar-refractivity contribution in [1.29, 1.82) is 0 Å². The highest BCUT2D eigenvalue weighted by Crippen LogP contribution is 2.40. The average Bonchev–Trinajstić information content (AvgIpc) is 3.18. The molecule has 0 aliphatic carbocycles. The van der Waals surface area contributed by atoms with E-state index in [1.54, 1.807) is 40.6 Å². The van der Waals surface area contributed by atoms with Crippen molar-refractivity contribution >= 4 is 40.1 Å². The fourth-order valence-corrected chi connectivity index (χ4v) is 3.58. The van der Waals surface area contributed by atoms with E-state index in [1.165, 1.54) is 12.1 Å². The van der Waals surface area contributed by atoms with Crippen LogP contribution in [0.2, 0.25) is 5.02 Å². The quantitative estimate of drug-likeness (QED) is 0.403. The van der Waals surface area contributed by atoms with Crippen LogP contribution in [-0.2, 0) is 0 Å². The first-order valence-corrected chi connectivity index (χ1v) is 9.95. The Kier molecular flexibility index (Phi) is 5.91. The van der Waals surface area contributed by atoms with Crippen molar-refractivity contribution in [2.45, 2.75) is 0 Å². The van der Waals surface area contributed by atoms with Gasteiger partial charge in [0.1, 0.15) is 17.2 Å². The van der Waals surface area contributed by atoms with Gasteiger partial charge in [0, 0.05) is 30.9 Å². The van der Waals surface area contributed by atoms with Crippen LogP contribution in [0.3, 0.4) is 0 Å². The molecule has 32 heavy (non-hydrogen) atoms. The smallest absolute Gasteiger partial charge is 0.208 e. The Morgan fingerprint density at radius 3 is 2.31 bits per heavy atom. The molecule has 0 fully saturated rings. The molecule has 0 saturated heterocycles. The van der Waals surface area contributed by atoms with Gasteiger partial charge < -0.3 is 24.8 Å². The normalized spacial score (nSPS) is 10.8. The van der Waals surface area contributed by atoms with Gasteiger partial charge in [0.05, 0.1) is 43.8 Å². The molecule has 0 unspecified atom stereocenters. The van der Waals surface area contributed by atoms with Gasteiger partial charge in [-0.15, -0.1) is 0 Å². The first kappa shape index (κ1) is 21.5. The van der Waals surface area contributed by atoms with Crippen molar-refractivity contribution in [2.24, 2.45) is 0 Å². The highest BCUT2D eigenvalue weighted by Gasteiger charge is 2.19. The molecule has 4 aromatic rings. The molecule has 10 heteroatoms. The van der Waals surface area contributed by atoms with Crippen LogP contribution in [0.15, 0.2) is 42.6 Å². The lowest BCUT2D eigenvalue weighted by Crippen LogP contribution is -2.04. The molecule has 0 aliphatic rings. The van der Waals surface area contributed by atoms with E-state index in [9.17, 15) is 4.39 Å². The number of rotatable bonds is 7. The number of aromatic nitrogens is 3. The molecule has 0 aliphatic heterocycles. The van der Waals surface area contributed by atoms with Crippen LogP contribution in [-0.4, -0.2) is 42.9 Å². The molecule has 2 aromatic carbocycles. The molecule has 8 nitrogen and oxygen atoms in total. The maximum absolute atomic E-state index is 13.5. The van der Waals surface area contributed by atoms with Gasteiger partial charge in [0.2, 0.25) is 11.7 Å². The van der Waals surface area contributed by atoms with Gasteiger partial charge in [-0.3, -0.25) is 4.57 Å². The minimum Gasteiger partial charge on any atom is -0.493 e. The van der Waals surface area contributed by atoms with Crippen LogP contribution in [0, 0.1) is 5.82 Å². The Morgan fingerprint density at radius 2 is 1.72 bits per heavy atom. The molecule has 2 N–H and O–H groups in total. The Bertz CT molecular complexity index is 1270. The number of methoxy groups -OCH3 is 3. The average molecular weight is 458 g/mol. The SMILES string of the molecule is CNc1nc2cnc(Nc3ccc(F)c(Cl)c3)cc2n1-c1cc(OC)c(OC)c(OC)c1. The summed E-state index contributed by atoms with van der Waals surface area (Å²) in [6.07, 6.45) is 1.65. The van der Waals surface area contributed by atoms with Crippen LogP contribution >= 0.6 is 11.6 Å². The summed E-state index contributed by atoms with van der Waals surface area (Å²) >= 11 is 5.89. The molecular weight excluding hydrogens is 437 g/mol. The summed E-state index contributed by atoms with van der Waals surface area (Å²) in [6, 6.07) is 9.88. The van der Waals surface area contributed by atoms with E-state index >= 15 is 0 Å². The van der Waals surface area contributed by atoms with Crippen molar-refractivity contribution in [3.05, 3.63) is 53.4 Å². The zero-order chi connectivity index (χ0) is 22.8. The summed E-state index contributed by atoms with van der Waals surface area (Å²) in [7, 11) is 6.46. The maximum atomic E-state index is 13.5. The summed E-state index contributed by atoms with van der Waals surface area (Å²) in [5.41, 5.74) is 2.80. The number of halogens is 2. The number of nitrogens with one attached hydrogen (secondary N) is 2. The molecule has 166 valence electrons. The Labute approximate surface area is 188 Å². The highest BCUT2D eigenvalue weighted by molar-refractivity contribution is 6.31. The Hall–Kier alpha value is -3.72. The predicted octanol–water partition coefficient (Wildman–Crippen LogP) is 5.02. The molecule has 2 heterocycles. The van der Waals surface area contributed by atoms with Crippen LogP contribution in [0.4, 0.5) is 21.8 Å². The molecule has 0 atom stereocenters. The van der Waals surface area contributed by atoms with E-state index in [2.05, 4.69) is 20.6 Å². The number of imidazole rings is 1. The van der Waals surface area contributed by atoms with E-state index in [0.29, 0.717) is 40.2 Å². The number of benzene rings is 2. The second-order valence-corrected chi connectivity index (χ2v) is 7.12. The van der Waals surface area contributed by atoms with Gasteiger partial charge in [-0.1, -0.05) is 11.6 Å². The summed E-state index contributed by atoms with van der Waals surface area (Å²) in [6.45, 7) is 0. The van der Waals surface area contributed by atoms with Gasteiger partial charge in [-0.2, -0.15) is 0 Å². The summed E-state index contributed by atoms with van der Waals surface area (Å²) < 4.78 is 31.8. The minimum absolute atomic E-state index is 0.0241. The van der Waals surface area contributed by atoms with E-state index in [0.717, 1.165) is 11.2 Å². The summed E-state index contributed by atoms with van der Waals surface area (Å²) in [5, 5.41) is 6.27. The molecule has 4 rings (SSSR count). The highest BCUT2D eigenvalue weighted by atomic mass is 35.5. The summed E-state index contributed by atoms with van der Waals surface area (Å²) in [4.78, 5) is 9.02. The Morgan fingerprint density at radius 1 is 1.00 bits per heavy atom. The third-order valence-electron chi connectivity index (χ3n) is 4.86. The predicted molar refractivity (Wildman–Crippen MR) is 123 cm³/mol. The van der Waals surface area contributed by atoms with Gasteiger partial charge in [-0.05, 0) is 18.2 Å². The topological polar surface area (TPSA) is 82.5 Å². The van der Waals surface area contributed by atoms with Crippen molar-refractivity contribution < 1.29 is 18.6 Å². The summed E-state index contributed by atoms with van der Waals surface area (Å²) in [5.74, 6) is 2.17. The zero-order valence-electron chi connectivity index (χ0n) is 17.9. The number of pyridine rings is 1. The fraction of sp³-hybridized carbons (Fsp3) is 0.182. The monoisotopic (exact) mass is 457 g/mol. The van der Waals surface area contributed by atoms with Gasteiger partial charge in [0.25, 0.3) is 0 Å². The Balaban J connectivity index is 1.85. The first-order chi connectivity index (χ1) is 15.5. The zero-order valence-corrected chi connectivity index (χ0v) is 18.6. The molecule has 0 radical (unpaired) electrons. The second kappa shape index (κ2) is 8.80. The standard InChI is InChI=1S/C22H21ClFN5O3/c1-25-22-28-16-11-26-20(27-12-5-6-15(24)14(23)7-12)10-17(16)29(22)13-8-18(30-2)21(32-4)19(9-13)31-3/h5-11H,1-4H3,(H,25,28)(H,26,27). The van der Waals surface area contributed by atoms with Crippen LogP contribution in [0.1, 0.15) is 0 Å². The number of anilines is 3. The van der Waals surface area contributed by atoms with Gasteiger partial charge >= 0.3 is 0 Å². The molecule has 0 spiro atoms. The van der Waals surface area contributed by atoms with E-state index in [1.807, 2.05) is 22.8 Å². The number of fused-ring (bicyclic) bond motifs is 1. The third-order valence-corrected chi connectivity index (χ3v) is 5.15. The molecule has 0 amide bonds. The third kappa shape index (κ3) is 3.82. The molecular formula is C22H21ClFN5O3. The number of nitrogens with zero attached hydrogens (tertiary/aromatic N) is 3. The molecule has 0 bridgehead atoms. The number of ether oxygens (including phenoxy) is 3. The second-order valence-electron chi connectivity index (χ2n) is 6.72. The lowest BCUT2D eigenvalue weighted by molar-refractivity contribution is 0.324. The van der Waals surface area contributed by atoms with E-state index in [4.69, 9.17) is 25.8 Å². The minimum atomic E-state index is -0.486. The van der Waals surface area contributed by atoms with Crippen LogP contribution in [0.5, 0.6) is 17.2 Å². The largest absolute Gasteiger partial charge is 0.493 e. The maximum Gasteiger partial charge on any atom is 0.208 e. The lowest BCUT2D eigenvalue weighted by atomic mass is 10.2. The van der Waals surface area contributed by atoms with Gasteiger partial charge in [-0.25, -0.2) is 14.4 Å². The number of hydrogen-bond acceptors (Lipinski definition) is 7. The van der Waals surface area contributed by atoms with Crippen molar-refractivity contribution in [3.8, 4) is 22.9 Å². The van der Waals surface area contributed by atoms with Crippen LogP contribution < -0.4 is 24.8 Å². The van der Waals surface area contributed by atoms with Crippen molar-refractivity contribution in [3.63, 3.8) is 0 Å². The van der Waals surface area contributed by atoms with Crippen LogP contribution in [0.25, 0.3) is 16.7 Å².